The molecule has 2 aromatic carbocycles. The number of esters is 1. The average Bonchev–Trinajstić information content (AvgIpc) is 3.36. The maximum atomic E-state index is 14.8. The Balaban J connectivity index is 1.62. The Labute approximate surface area is 284 Å². The Hall–Kier alpha value is -3.09. The normalized spacial score (nSPS) is 20.6. The van der Waals surface area contributed by atoms with Crippen LogP contribution < -0.4 is 0 Å². The molecule has 1 aromatic heterocycles. The minimum Gasteiger partial charge on any atom is -0.460 e. The molecule has 0 radical (unpaired) electrons. The standard InChI is InChI=1S/C37H49FN2O7S/c1-25(2)33-32(26-11-9-8-10-12-26)35(48(42,43)39-19-21-44-22-20-39)34(27-13-15-28(38)16-14-27)40(33)18-17-29-23-30(46-37(6,7)45-29)24-31(41)47-36(3,4)5/h8-16,25,29-30H,17-24H2,1-7H3/t29-,30?/m1/s1. The van der Waals surface area contributed by atoms with E-state index in [2.05, 4.69) is 18.4 Å². The lowest BCUT2D eigenvalue weighted by Gasteiger charge is -2.41. The van der Waals surface area contributed by atoms with Crippen molar-refractivity contribution in [2.45, 2.75) is 109 Å². The third kappa shape index (κ3) is 8.37. The van der Waals surface area contributed by atoms with Crippen LogP contribution in [0.3, 0.4) is 0 Å². The molecule has 5 rings (SSSR count). The highest BCUT2D eigenvalue weighted by atomic mass is 32.2. The number of halogens is 1. The summed E-state index contributed by atoms with van der Waals surface area (Å²) in [6.45, 7) is 14.8. The third-order valence-corrected chi connectivity index (χ3v) is 10.4. The quantitative estimate of drug-likeness (QED) is 0.210. The van der Waals surface area contributed by atoms with Crippen LogP contribution in [0.5, 0.6) is 0 Å². The average molecular weight is 685 g/mol. The number of morpholine rings is 1. The summed E-state index contributed by atoms with van der Waals surface area (Å²) in [7, 11) is -4.03. The van der Waals surface area contributed by atoms with E-state index in [-0.39, 0.29) is 42.4 Å². The Morgan fingerprint density at radius 1 is 0.979 bits per heavy atom. The molecule has 3 aromatic rings. The Morgan fingerprint density at radius 2 is 1.60 bits per heavy atom. The number of aromatic nitrogens is 1. The van der Waals surface area contributed by atoms with Gasteiger partial charge in [-0.3, -0.25) is 4.79 Å². The van der Waals surface area contributed by atoms with E-state index < -0.39 is 33.3 Å². The molecule has 9 nitrogen and oxygen atoms in total. The highest BCUT2D eigenvalue weighted by Gasteiger charge is 2.40. The molecule has 48 heavy (non-hydrogen) atoms. The first-order chi connectivity index (χ1) is 22.6. The van der Waals surface area contributed by atoms with E-state index in [1.807, 2.05) is 65.0 Å². The van der Waals surface area contributed by atoms with Gasteiger partial charge in [0.2, 0.25) is 10.0 Å². The molecule has 0 spiro atoms. The van der Waals surface area contributed by atoms with E-state index in [1.54, 1.807) is 12.1 Å². The van der Waals surface area contributed by atoms with E-state index in [4.69, 9.17) is 18.9 Å². The first kappa shape index (κ1) is 36.2. The van der Waals surface area contributed by atoms with Crippen LogP contribution in [-0.2, 0) is 40.3 Å². The van der Waals surface area contributed by atoms with Crippen molar-refractivity contribution in [3.05, 3.63) is 66.1 Å². The molecule has 0 bridgehead atoms. The molecular formula is C37H49FN2O7S. The summed E-state index contributed by atoms with van der Waals surface area (Å²) < 4.78 is 71.0. The summed E-state index contributed by atoms with van der Waals surface area (Å²) in [4.78, 5) is 12.9. The number of benzene rings is 2. The van der Waals surface area contributed by atoms with E-state index in [0.29, 0.717) is 49.4 Å². The molecule has 3 heterocycles. The number of hydrogen-bond donors (Lipinski definition) is 0. The van der Waals surface area contributed by atoms with Crippen molar-refractivity contribution < 1.29 is 36.6 Å². The lowest BCUT2D eigenvalue weighted by Crippen LogP contribution is -2.46. The lowest BCUT2D eigenvalue weighted by atomic mass is 9.99. The van der Waals surface area contributed by atoms with Gasteiger partial charge >= 0.3 is 5.97 Å². The van der Waals surface area contributed by atoms with Crippen LogP contribution >= 0.6 is 0 Å². The zero-order chi connectivity index (χ0) is 34.9. The third-order valence-electron chi connectivity index (χ3n) is 8.47. The van der Waals surface area contributed by atoms with Crippen molar-refractivity contribution in [2.75, 3.05) is 26.3 Å². The van der Waals surface area contributed by atoms with Crippen LogP contribution in [0, 0.1) is 5.82 Å². The van der Waals surface area contributed by atoms with Gasteiger partial charge < -0.3 is 23.5 Å². The lowest BCUT2D eigenvalue weighted by molar-refractivity contribution is -0.301. The number of carbonyl (C=O) groups excluding carboxylic acids is 1. The Bertz CT molecular complexity index is 1670. The highest BCUT2D eigenvalue weighted by molar-refractivity contribution is 7.89. The van der Waals surface area contributed by atoms with E-state index >= 15 is 0 Å². The number of ether oxygens (including phenoxy) is 4. The molecule has 0 amide bonds. The predicted octanol–water partition coefficient (Wildman–Crippen LogP) is 7.14. The fraction of sp³-hybridized carbons (Fsp3) is 0.541. The summed E-state index contributed by atoms with van der Waals surface area (Å²) in [5.41, 5.74) is 2.81. The molecule has 0 aliphatic carbocycles. The molecule has 0 N–H and O–H groups in total. The Morgan fingerprint density at radius 3 is 2.21 bits per heavy atom. The number of sulfonamides is 1. The molecule has 2 aliphatic rings. The van der Waals surface area contributed by atoms with Crippen molar-refractivity contribution >= 4 is 16.0 Å². The molecule has 1 unspecified atom stereocenters. The maximum Gasteiger partial charge on any atom is 0.308 e. The highest BCUT2D eigenvalue weighted by Crippen LogP contribution is 2.46. The molecule has 0 saturated carbocycles. The van der Waals surface area contributed by atoms with Crippen molar-refractivity contribution in [3.63, 3.8) is 0 Å². The molecule has 2 saturated heterocycles. The smallest absolute Gasteiger partial charge is 0.308 e. The first-order valence-electron chi connectivity index (χ1n) is 16.8. The second-order valence-electron chi connectivity index (χ2n) is 14.3. The topological polar surface area (TPSA) is 96.3 Å². The van der Waals surface area contributed by atoms with Crippen LogP contribution in [0.25, 0.3) is 22.4 Å². The van der Waals surface area contributed by atoms with Crippen LogP contribution in [0.4, 0.5) is 4.39 Å². The van der Waals surface area contributed by atoms with Gasteiger partial charge in [0.05, 0.1) is 37.5 Å². The van der Waals surface area contributed by atoms with E-state index in [9.17, 15) is 17.6 Å². The van der Waals surface area contributed by atoms with Gasteiger partial charge in [-0.2, -0.15) is 4.31 Å². The summed E-state index contributed by atoms with van der Waals surface area (Å²) >= 11 is 0. The summed E-state index contributed by atoms with van der Waals surface area (Å²) in [5, 5.41) is 0. The maximum absolute atomic E-state index is 14.8. The first-order valence-corrected chi connectivity index (χ1v) is 18.2. The summed E-state index contributed by atoms with van der Waals surface area (Å²) in [5.74, 6) is -1.75. The van der Waals surface area contributed by atoms with Crippen molar-refractivity contribution in [3.8, 4) is 22.4 Å². The molecule has 2 atom stereocenters. The minimum absolute atomic E-state index is 0.0694. The minimum atomic E-state index is -4.03. The van der Waals surface area contributed by atoms with Crippen LogP contribution in [0.2, 0.25) is 0 Å². The zero-order valence-corrected chi connectivity index (χ0v) is 29.9. The molecule has 2 fully saturated rings. The predicted molar refractivity (Wildman–Crippen MR) is 182 cm³/mol. The van der Waals surface area contributed by atoms with Gasteiger partial charge in [0.25, 0.3) is 0 Å². The van der Waals surface area contributed by atoms with Crippen LogP contribution in [0.1, 0.15) is 79.3 Å². The van der Waals surface area contributed by atoms with Gasteiger partial charge in [0, 0.05) is 37.3 Å². The second kappa shape index (κ2) is 14.4. The van der Waals surface area contributed by atoms with E-state index in [0.717, 1.165) is 11.3 Å². The monoisotopic (exact) mass is 684 g/mol. The number of hydrogen-bond acceptors (Lipinski definition) is 7. The zero-order valence-electron chi connectivity index (χ0n) is 29.1. The second-order valence-corrected chi connectivity index (χ2v) is 16.2. The SMILES string of the molecule is CC(C)c1c(-c2ccccc2)c(S(=O)(=O)N2CCOCC2)c(-c2ccc(F)cc2)n1CC[C@@H]1CC(CC(=O)OC(C)(C)C)OC(C)(C)O1. The molecule has 11 heteroatoms. The summed E-state index contributed by atoms with van der Waals surface area (Å²) in [6, 6.07) is 15.6. The molecule has 2 aliphatic heterocycles. The molecular weight excluding hydrogens is 635 g/mol. The van der Waals surface area contributed by atoms with Crippen molar-refractivity contribution in [1.82, 2.24) is 8.87 Å². The number of nitrogens with zero attached hydrogens (tertiary/aromatic N) is 2. The van der Waals surface area contributed by atoms with Gasteiger partial charge in [-0.25, -0.2) is 12.8 Å². The summed E-state index contributed by atoms with van der Waals surface area (Å²) in [6.07, 6.45) is 0.395. The van der Waals surface area contributed by atoms with Crippen LogP contribution in [-0.4, -0.2) is 73.2 Å². The van der Waals surface area contributed by atoms with Gasteiger partial charge in [-0.15, -0.1) is 0 Å². The van der Waals surface area contributed by atoms with Gasteiger partial charge in [-0.05, 0) is 82.3 Å². The molecule has 262 valence electrons. The van der Waals surface area contributed by atoms with Crippen LogP contribution in [0.15, 0.2) is 59.5 Å². The fourth-order valence-corrected chi connectivity index (χ4v) is 8.60. The van der Waals surface area contributed by atoms with Crippen molar-refractivity contribution in [1.29, 1.82) is 0 Å². The van der Waals surface area contributed by atoms with Crippen molar-refractivity contribution in [2.24, 2.45) is 0 Å². The largest absolute Gasteiger partial charge is 0.460 e. The number of rotatable bonds is 10. The van der Waals surface area contributed by atoms with Gasteiger partial charge in [0.1, 0.15) is 16.3 Å². The Kier molecular flexibility index (Phi) is 10.9. The van der Waals surface area contributed by atoms with Gasteiger partial charge in [-0.1, -0.05) is 44.2 Å². The van der Waals surface area contributed by atoms with E-state index in [1.165, 1.54) is 16.4 Å². The number of carbonyl (C=O) groups is 1. The fourth-order valence-electron chi connectivity index (χ4n) is 6.75. The van der Waals surface area contributed by atoms with Gasteiger partial charge in [0.15, 0.2) is 5.79 Å².